The van der Waals surface area contributed by atoms with Crippen LogP contribution in [0.5, 0.6) is 0 Å². The Hall–Kier alpha value is 0.0700. The molecule has 0 aromatic carbocycles. The SMILES string of the molecule is CSCC(=O)NC1CCNC(C)C1.Cl. The minimum atomic E-state index is 0. The Labute approximate surface area is 96.2 Å². The highest BCUT2D eigenvalue weighted by Gasteiger charge is 2.19. The first-order valence-electron chi connectivity index (χ1n) is 4.74. The van der Waals surface area contributed by atoms with Gasteiger partial charge >= 0.3 is 0 Å². The molecule has 0 saturated carbocycles. The van der Waals surface area contributed by atoms with Crippen molar-refractivity contribution in [1.82, 2.24) is 10.6 Å². The van der Waals surface area contributed by atoms with Crippen LogP contribution in [-0.2, 0) is 4.79 Å². The molecule has 2 unspecified atom stereocenters. The zero-order chi connectivity index (χ0) is 9.68. The summed E-state index contributed by atoms with van der Waals surface area (Å²) in [4.78, 5) is 11.3. The van der Waals surface area contributed by atoms with Crippen molar-refractivity contribution in [3.63, 3.8) is 0 Å². The summed E-state index contributed by atoms with van der Waals surface area (Å²) < 4.78 is 0. The summed E-state index contributed by atoms with van der Waals surface area (Å²) in [6.45, 7) is 3.18. The van der Waals surface area contributed by atoms with Gasteiger partial charge in [0.2, 0.25) is 5.91 Å². The van der Waals surface area contributed by atoms with Gasteiger partial charge in [-0.15, -0.1) is 12.4 Å². The first kappa shape index (κ1) is 14.1. The molecule has 1 saturated heterocycles. The molecule has 1 rings (SSSR count). The van der Waals surface area contributed by atoms with Gasteiger partial charge in [0.05, 0.1) is 5.75 Å². The van der Waals surface area contributed by atoms with Crippen LogP contribution in [0.1, 0.15) is 19.8 Å². The zero-order valence-electron chi connectivity index (χ0n) is 8.71. The topological polar surface area (TPSA) is 41.1 Å². The van der Waals surface area contributed by atoms with Gasteiger partial charge in [-0.25, -0.2) is 0 Å². The molecule has 1 heterocycles. The van der Waals surface area contributed by atoms with Crippen LogP contribution < -0.4 is 10.6 Å². The van der Waals surface area contributed by atoms with Crippen molar-refractivity contribution in [2.45, 2.75) is 31.8 Å². The van der Waals surface area contributed by atoms with E-state index in [1.54, 1.807) is 11.8 Å². The Balaban J connectivity index is 0.00000169. The molecule has 14 heavy (non-hydrogen) atoms. The number of piperidine rings is 1. The van der Waals surface area contributed by atoms with Crippen molar-refractivity contribution < 1.29 is 4.79 Å². The highest BCUT2D eigenvalue weighted by Crippen LogP contribution is 2.08. The van der Waals surface area contributed by atoms with Crippen molar-refractivity contribution in [3.05, 3.63) is 0 Å². The molecular weight excluding hydrogens is 220 g/mol. The highest BCUT2D eigenvalue weighted by atomic mass is 35.5. The van der Waals surface area contributed by atoms with Crippen LogP contribution in [0.15, 0.2) is 0 Å². The van der Waals surface area contributed by atoms with Crippen LogP contribution in [0.3, 0.4) is 0 Å². The van der Waals surface area contributed by atoms with E-state index in [0.29, 0.717) is 17.8 Å². The summed E-state index contributed by atoms with van der Waals surface area (Å²) in [5.74, 6) is 0.754. The Bertz CT molecular complexity index is 180. The van der Waals surface area contributed by atoms with Crippen LogP contribution in [0, 0.1) is 0 Å². The minimum Gasteiger partial charge on any atom is -0.353 e. The molecule has 0 aromatic heterocycles. The molecule has 1 aliphatic rings. The number of carbonyl (C=O) groups excluding carboxylic acids is 1. The minimum absolute atomic E-state index is 0. The van der Waals surface area contributed by atoms with E-state index >= 15 is 0 Å². The van der Waals surface area contributed by atoms with Crippen molar-refractivity contribution in [2.24, 2.45) is 0 Å². The average molecular weight is 239 g/mol. The molecular formula is C9H19ClN2OS. The third-order valence-electron chi connectivity index (χ3n) is 2.26. The number of rotatable bonds is 3. The second kappa shape index (κ2) is 7.37. The van der Waals surface area contributed by atoms with Gasteiger partial charge in [0.1, 0.15) is 0 Å². The largest absolute Gasteiger partial charge is 0.353 e. The fourth-order valence-electron chi connectivity index (χ4n) is 1.66. The molecule has 0 spiro atoms. The summed E-state index contributed by atoms with van der Waals surface area (Å²) in [5, 5.41) is 6.41. The van der Waals surface area contributed by atoms with Crippen LogP contribution in [0.2, 0.25) is 0 Å². The molecule has 0 radical (unpaired) electrons. The fraction of sp³-hybridized carbons (Fsp3) is 0.889. The van der Waals surface area contributed by atoms with Crippen molar-refractivity contribution in [2.75, 3.05) is 18.6 Å². The summed E-state index contributed by atoms with van der Waals surface area (Å²) >= 11 is 1.57. The Morgan fingerprint density at radius 1 is 1.64 bits per heavy atom. The number of halogens is 1. The van der Waals surface area contributed by atoms with Crippen LogP contribution in [0.25, 0.3) is 0 Å². The second-order valence-electron chi connectivity index (χ2n) is 3.58. The van der Waals surface area contributed by atoms with Crippen LogP contribution in [-0.4, -0.2) is 36.5 Å². The molecule has 0 aromatic rings. The Morgan fingerprint density at radius 2 is 2.36 bits per heavy atom. The number of nitrogens with one attached hydrogen (secondary N) is 2. The smallest absolute Gasteiger partial charge is 0.230 e. The Kier molecular flexibility index (Phi) is 7.41. The highest BCUT2D eigenvalue weighted by molar-refractivity contribution is 7.99. The summed E-state index contributed by atoms with van der Waals surface area (Å²) in [6.07, 6.45) is 4.06. The molecule has 3 nitrogen and oxygen atoms in total. The normalized spacial score (nSPS) is 26.4. The molecule has 1 aliphatic heterocycles. The van der Waals surface area contributed by atoms with E-state index in [2.05, 4.69) is 17.6 Å². The number of carbonyl (C=O) groups is 1. The van der Waals surface area contributed by atoms with E-state index in [4.69, 9.17) is 0 Å². The second-order valence-corrected chi connectivity index (χ2v) is 4.44. The molecule has 5 heteroatoms. The molecule has 2 N–H and O–H groups in total. The van der Waals surface area contributed by atoms with E-state index in [-0.39, 0.29) is 18.3 Å². The van der Waals surface area contributed by atoms with Crippen LogP contribution >= 0.6 is 24.2 Å². The third-order valence-corrected chi connectivity index (χ3v) is 2.82. The van der Waals surface area contributed by atoms with E-state index in [0.717, 1.165) is 19.4 Å². The lowest BCUT2D eigenvalue weighted by Crippen LogP contribution is -2.47. The molecule has 0 aliphatic carbocycles. The Morgan fingerprint density at radius 3 is 2.93 bits per heavy atom. The van der Waals surface area contributed by atoms with Crippen molar-refractivity contribution in [3.8, 4) is 0 Å². The van der Waals surface area contributed by atoms with E-state index in [1.165, 1.54) is 0 Å². The lowest BCUT2D eigenvalue weighted by Gasteiger charge is -2.28. The number of thioether (sulfide) groups is 1. The first-order valence-corrected chi connectivity index (χ1v) is 6.13. The van der Waals surface area contributed by atoms with Gasteiger partial charge in [-0.3, -0.25) is 4.79 Å². The van der Waals surface area contributed by atoms with Gasteiger partial charge in [0, 0.05) is 12.1 Å². The standard InChI is InChI=1S/C9H18N2OS.ClH/c1-7-5-8(3-4-10-7)11-9(12)6-13-2;/h7-8,10H,3-6H2,1-2H3,(H,11,12);1H. The van der Waals surface area contributed by atoms with Crippen molar-refractivity contribution in [1.29, 1.82) is 0 Å². The molecule has 2 atom stereocenters. The van der Waals surface area contributed by atoms with Crippen LogP contribution in [0.4, 0.5) is 0 Å². The predicted molar refractivity (Wildman–Crippen MR) is 64.3 cm³/mol. The fourth-order valence-corrected chi connectivity index (χ4v) is 2.01. The number of amides is 1. The van der Waals surface area contributed by atoms with Gasteiger partial charge in [-0.2, -0.15) is 11.8 Å². The lowest BCUT2D eigenvalue weighted by molar-refractivity contribution is -0.119. The van der Waals surface area contributed by atoms with E-state index < -0.39 is 0 Å². The molecule has 1 fully saturated rings. The third kappa shape index (κ3) is 5.08. The maximum atomic E-state index is 11.3. The number of hydrogen-bond donors (Lipinski definition) is 2. The van der Waals surface area contributed by atoms with Gasteiger partial charge in [-0.1, -0.05) is 0 Å². The summed E-state index contributed by atoms with van der Waals surface area (Å²) in [5.41, 5.74) is 0. The monoisotopic (exact) mass is 238 g/mol. The number of hydrogen-bond acceptors (Lipinski definition) is 3. The summed E-state index contributed by atoms with van der Waals surface area (Å²) in [7, 11) is 0. The van der Waals surface area contributed by atoms with Gasteiger partial charge in [0.25, 0.3) is 0 Å². The maximum Gasteiger partial charge on any atom is 0.230 e. The predicted octanol–water partition coefficient (Wildman–Crippen LogP) is 1.03. The van der Waals surface area contributed by atoms with Gasteiger partial charge in [-0.05, 0) is 32.6 Å². The van der Waals surface area contributed by atoms with E-state index in [9.17, 15) is 4.79 Å². The first-order chi connectivity index (χ1) is 6.22. The molecule has 84 valence electrons. The average Bonchev–Trinajstić information content (AvgIpc) is 2.04. The quantitative estimate of drug-likeness (QED) is 0.772. The lowest BCUT2D eigenvalue weighted by atomic mass is 10.0. The maximum absolute atomic E-state index is 11.3. The molecule has 0 bridgehead atoms. The van der Waals surface area contributed by atoms with Gasteiger partial charge in [0.15, 0.2) is 0 Å². The molecule has 1 amide bonds. The van der Waals surface area contributed by atoms with E-state index in [1.807, 2.05) is 6.26 Å². The van der Waals surface area contributed by atoms with Gasteiger partial charge < -0.3 is 10.6 Å². The van der Waals surface area contributed by atoms with Crippen molar-refractivity contribution >= 4 is 30.1 Å². The summed E-state index contributed by atoms with van der Waals surface area (Å²) in [6, 6.07) is 0.921. The zero-order valence-corrected chi connectivity index (χ0v) is 10.3.